The number of aryl methyl sites for hydroxylation is 1. The van der Waals surface area contributed by atoms with Crippen molar-refractivity contribution in [3.63, 3.8) is 0 Å². The summed E-state index contributed by atoms with van der Waals surface area (Å²) in [5, 5.41) is 16.5. The maximum atomic E-state index is 11.5. The predicted octanol–water partition coefficient (Wildman–Crippen LogP) is 3.87. The van der Waals surface area contributed by atoms with Gasteiger partial charge in [-0.1, -0.05) is 43.7 Å². The van der Waals surface area contributed by atoms with E-state index in [1.165, 1.54) is 6.33 Å². The lowest BCUT2D eigenvalue weighted by atomic mass is 9.76. The topological polar surface area (TPSA) is 50.9 Å². The molecule has 1 aliphatic rings. The van der Waals surface area contributed by atoms with Crippen LogP contribution in [0.3, 0.4) is 0 Å². The molecule has 0 amide bonds. The Bertz CT molecular complexity index is 733. The fourth-order valence-corrected chi connectivity index (χ4v) is 3.38. The zero-order valence-corrected chi connectivity index (χ0v) is 14.5. The van der Waals surface area contributed by atoms with E-state index in [1.807, 2.05) is 31.2 Å². The number of hydrogen-bond donors (Lipinski definition) is 1. The molecule has 5 heteroatoms. The number of halogens is 1. The van der Waals surface area contributed by atoms with Gasteiger partial charge >= 0.3 is 0 Å². The Morgan fingerprint density at radius 3 is 2.61 bits per heavy atom. The van der Waals surface area contributed by atoms with Crippen LogP contribution >= 0.6 is 11.6 Å². The van der Waals surface area contributed by atoms with Crippen molar-refractivity contribution in [3.05, 3.63) is 52.6 Å². The maximum Gasteiger partial charge on any atom is 0.138 e. The Labute approximate surface area is 141 Å². The average molecular weight is 332 g/mol. The Hall–Kier alpha value is -1.65. The van der Waals surface area contributed by atoms with Crippen molar-refractivity contribution in [2.45, 2.75) is 45.8 Å². The average Bonchev–Trinajstić information content (AvgIpc) is 2.98. The van der Waals surface area contributed by atoms with Crippen LogP contribution in [0.5, 0.6) is 0 Å². The zero-order chi connectivity index (χ0) is 16.7. The third-order valence-electron chi connectivity index (χ3n) is 5.07. The molecular formula is C18H22ClN3O. The molecule has 23 heavy (non-hydrogen) atoms. The lowest BCUT2D eigenvalue weighted by Gasteiger charge is -2.37. The van der Waals surface area contributed by atoms with Crippen molar-refractivity contribution >= 4 is 17.7 Å². The third kappa shape index (κ3) is 2.93. The second-order valence-corrected chi connectivity index (χ2v) is 7.37. The molecule has 0 saturated heterocycles. The van der Waals surface area contributed by atoms with E-state index in [0.717, 1.165) is 29.8 Å². The van der Waals surface area contributed by atoms with Gasteiger partial charge in [0.05, 0.1) is 6.54 Å². The molecule has 4 nitrogen and oxygen atoms in total. The molecular weight excluding hydrogens is 310 g/mol. The molecule has 1 saturated carbocycles. The van der Waals surface area contributed by atoms with Gasteiger partial charge in [0, 0.05) is 5.02 Å². The summed E-state index contributed by atoms with van der Waals surface area (Å²) in [6.45, 7) is 6.55. The van der Waals surface area contributed by atoms with Crippen molar-refractivity contribution in [1.29, 1.82) is 0 Å². The molecule has 0 bridgehead atoms. The van der Waals surface area contributed by atoms with E-state index in [9.17, 15) is 5.11 Å². The maximum absolute atomic E-state index is 11.5. The van der Waals surface area contributed by atoms with Crippen molar-refractivity contribution in [2.75, 3.05) is 0 Å². The smallest absolute Gasteiger partial charge is 0.138 e. The van der Waals surface area contributed by atoms with E-state index in [1.54, 1.807) is 4.68 Å². The van der Waals surface area contributed by atoms with Crippen LogP contribution < -0.4 is 0 Å². The van der Waals surface area contributed by atoms with E-state index in [4.69, 9.17) is 11.6 Å². The van der Waals surface area contributed by atoms with E-state index < -0.39 is 5.60 Å². The van der Waals surface area contributed by atoms with Crippen LogP contribution in [0.25, 0.3) is 6.08 Å². The molecule has 0 radical (unpaired) electrons. The minimum absolute atomic E-state index is 0.219. The molecule has 2 aromatic rings. The predicted molar refractivity (Wildman–Crippen MR) is 92.2 cm³/mol. The van der Waals surface area contributed by atoms with Gasteiger partial charge in [-0.05, 0) is 48.4 Å². The van der Waals surface area contributed by atoms with Gasteiger partial charge in [-0.15, -0.1) is 0 Å². The molecule has 1 aromatic heterocycles. The first-order chi connectivity index (χ1) is 10.8. The number of nitrogens with zero attached hydrogens (tertiary/aromatic N) is 3. The normalized spacial score (nSPS) is 25.2. The molecule has 1 aliphatic carbocycles. The molecule has 1 heterocycles. The fourth-order valence-electron chi connectivity index (χ4n) is 3.26. The largest absolute Gasteiger partial charge is 0.383 e. The van der Waals surface area contributed by atoms with Gasteiger partial charge in [0.25, 0.3) is 0 Å². The van der Waals surface area contributed by atoms with Gasteiger partial charge in [0.15, 0.2) is 0 Å². The Morgan fingerprint density at radius 1 is 1.30 bits per heavy atom. The van der Waals surface area contributed by atoms with Crippen LogP contribution in [0.1, 0.15) is 38.1 Å². The molecule has 1 N–H and O–H groups in total. The van der Waals surface area contributed by atoms with E-state index >= 15 is 0 Å². The van der Waals surface area contributed by atoms with Crippen LogP contribution in [0.2, 0.25) is 5.02 Å². The fraction of sp³-hybridized carbons (Fsp3) is 0.444. The van der Waals surface area contributed by atoms with E-state index in [0.29, 0.717) is 11.6 Å². The quantitative estimate of drug-likeness (QED) is 0.928. The summed E-state index contributed by atoms with van der Waals surface area (Å²) in [7, 11) is 0. The van der Waals surface area contributed by atoms with Crippen molar-refractivity contribution < 1.29 is 5.11 Å². The number of aromatic nitrogens is 3. The highest BCUT2D eigenvalue weighted by Crippen LogP contribution is 2.50. The number of rotatable bonds is 3. The van der Waals surface area contributed by atoms with Gasteiger partial charge in [0.1, 0.15) is 17.8 Å². The summed E-state index contributed by atoms with van der Waals surface area (Å²) in [4.78, 5) is 4.16. The van der Waals surface area contributed by atoms with E-state index in [2.05, 4.69) is 30.0 Å². The first-order valence-corrected chi connectivity index (χ1v) is 8.23. The van der Waals surface area contributed by atoms with Crippen LogP contribution in [-0.2, 0) is 6.54 Å². The van der Waals surface area contributed by atoms with Gasteiger partial charge in [-0.2, -0.15) is 5.10 Å². The number of aliphatic hydroxyl groups is 1. The second kappa shape index (κ2) is 5.77. The zero-order valence-electron chi connectivity index (χ0n) is 13.8. The van der Waals surface area contributed by atoms with Crippen molar-refractivity contribution in [3.8, 4) is 0 Å². The Balaban J connectivity index is 1.98. The molecule has 1 atom stereocenters. The molecule has 1 aromatic carbocycles. The summed E-state index contributed by atoms with van der Waals surface area (Å²) in [5.41, 5.74) is 0.935. The summed E-state index contributed by atoms with van der Waals surface area (Å²) in [6.07, 6.45) is 5.43. The first kappa shape index (κ1) is 16.2. The highest BCUT2D eigenvalue weighted by atomic mass is 35.5. The monoisotopic (exact) mass is 331 g/mol. The van der Waals surface area contributed by atoms with Crippen LogP contribution in [0, 0.1) is 12.3 Å². The summed E-state index contributed by atoms with van der Waals surface area (Å²) >= 11 is 5.95. The van der Waals surface area contributed by atoms with Crippen molar-refractivity contribution in [1.82, 2.24) is 14.8 Å². The van der Waals surface area contributed by atoms with Gasteiger partial charge in [0.2, 0.25) is 0 Å². The number of hydrogen-bond acceptors (Lipinski definition) is 3. The Kier molecular flexibility index (Phi) is 4.07. The standard InChI is InChI=1S/C18H22ClN3O/c1-13-20-12-21-22(13)11-18(23)15(8-9-17(18,2)3)10-14-4-6-16(19)7-5-14/h4-7,10,12,23H,8-9,11H2,1-3H3. The highest BCUT2D eigenvalue weighted by molar-refractivity contribution is 6.30. The summed E-state index contributed by atoms with van der Waals surface area (Å²) in [5.74, 6) is 0.812. The first-order valence-electron chi connectivity index (χ1n) is 7.85. The van der Waals surface area contributed by atoms with Gasteiger partial charge < -0.3 is 5.11 Å². The third-order valence-corrected chi connectivity index (χ3v) is 5.32. The summed E-state index contributed by atoms with van der Waals surface area (Å²) < 4.78 is 1.78. The van der Waals surface area contributed by atoms with Crippen LogP contribution in [0.15, 0.2) is 36.2 Å². The minimum Gasteiger partial charge on any atom is -0.383 e. The van der Waals surface area contributed by atoms with Gasteiger partial charge in [-0.3, -0.25) is 0 Å². The van der Waals surface area contributed by atoms with Gasteiger partial charge in [-0.25, -0.2) is 9.67 Å². The Morgan fingerprint density at radius 2 is 2.00 bits per heavy atom. The van der Waals surface area contributed by atoms with Crippen molar-refractivity contribution in [2.24, 2.45) is 5.41 Å². The van der Waals surface area contributed by atoms with Crippen LogP contribution in [0.4, 0.5) is 0 Å². The van der Waals surface area contributed by atoms with E-state index in [-0.39, 0.29) is 5.41 Å². The highest BCUT2D eigenvalue weighted by Gasteiger charge is 2.51. The SMILES string of the molecule is Cc1ncnn1CC1(O)C(=Cc2ccc(Cl)cc2)CCC1(C)C. The summed E-state index contributed by atoms with van der Waals surface area (Å²) in [6, 6.07) is 7.69. The molecule has 1 fully saturated rings. The second-order valence-electron chi connectivity index (χ2n) is 6.93. The minimum atomic E-state index is -0.939. The lowest BCUT2D eigenvalue weighted by molar-refractivity contribution is -0.0302. The van der Waals surface area contributed by atoms with Crippen LogP contribution in [-0.4, -0.2) is 25.5 Å². The number of benzene rings is 1. The lowest BCUT2D eigenvalue weighted by Crippen LogP contribution is -2.45. The molecule has 0 aliphatic heterocycles. The molecule has 3 rings (SSSR count). The molecule has 1 unspecified atom stereocenters. The molecule has 122 valence electrons. The molecule has 0 spiro atoms.